The normalized spacial score (nSPS) is 18.5. The second-order valence-electron chi connectivity index (χ2n) is 5.17. The molecule has 0 N–H and O–H groups in total. The van der Waals surface area contributed by atoms with Gasteiger partial charge in [0.1, 0.15) is 18.5 Å². The van der Waals surface area contributed by atoms with Crippen molar-refractivity contribution in [2.75, 3.05) is 26.3 Å². The quantitative estimate of drug-likeness (QED) is 0.552. The first kappa shape index (κ1) is 13.9. The van der Waals surface area contributed by atoms with Crippen LogP contribution in [0.25, 0.3) is 0 Å². The van der Waals surface area contributed by atoms with Gasteiger partial charge in [-0.15, -0.1) is 0 Å². The van der Waals surface area contributed by atoms with Gasteiger partial charge in [0.2, 0.25) is 0 Å². The summed E-state index contributed by atoms with van der Waals surface area (Å²) in [5.41, 5.74) is -2.14. The Morgan fingerprint density at radius 2 is 2.06 bits per heavy atom. The van der Waals surface area contributed by atoms with Gasteiger partial charge in [0.25, 0.3) is 0 Å². The van der Waals surface area contributed by atoms with Crippen molar-refractivity contribution in [3.05, 3.63) is 0 Å². The number of likely N-dealkylation sites (tertiary alicyclic amines) is 1. The molecule has 1 aliphatic heterocycles. The Hall–Kier alpha value is -1.17. The van der Waals surface area contributed by atoms with Crippen molar-refractivity contribution in [2.24, 2.45) is 0 Å². The Morgan fingerprint density at radius 1 is 1.47 bits per heavy atom. The summed E-state index contributed by atoms with van der Waals surface area (Å²) in [5, 5.41) is 0. The molecule has 1 amide bonds. The minimum Gasteiger partial charge on any atom is -0.444 e. The summed E-state index contributed by atoms with van der Waals surface area (Å²) in [4.78, 5) is 22.8. The first-order valence-electron chi connectivity index (χ1n) is 5.44. The molecule has 1 saturated heterocycles. The number of aldehydes is 1. The fourth-order valence-electron chi connectivity index (χ4n) is 1.47. The maximum atomic E-state index is 13.8. The van der Waals surface area contributed by atoms with E-state index in [0.717, 1.165) is 0 Å². The Labute approximate surface area is 99.9 Å². The molecule has 1 fully saturated rings. The third-order valence-electron chi connectivity index (χ3n) is 2.15. The van der Waals surface area contributed by atoms with E-state index in [9.17, 15) is 14.0 Å². The average Bonchev–Trinajstić information content (AvgIpc) is 2.11. The van der Waals surface area contributed by atoms with Crippen molar-refractivity contribution in [3.8, 4) is 0 Å². The number of ether oxygens (including phenoxy) is 2. The van der Waals surface area contributed by atoms with Gasteiger partial charge in [-0.05, 0) is 20.8 Å². The molecule has 1 rings (SSSR count). The first-order valence-corrected chi connectivity index (χ1v) is 5.44. The predicted molar refractivity (Wildman–Crippen MR) is 58.5 cm³/mol. The fourth-order valence-corrected chi connectivity index (χ4v) is 1.47. The van der Waals surface area contributed by atoms with Gasteiger partial charge in [0.15, 0.2) is 5.67 Å². The third-order valence-corrected chi connectivity index (χ3v) is 2.15. The Balaban J connectivity index is 2.30. The molecule has 17 heavy (non-hydrogen) atoms. The zero-order chi connectivity index (χ0) is 13.1. The molecule has 0 aliphatic carbocycles. The second-order valence-corrected chi connectivity index (χ2v) is 5.17. The van der Waals surface area contributed by atoms with Crippen LogP contribution < -0.4 is 0 Å². The lowest BCUT2D eigenvalue weighted by Gasteiger charge is -2.43. The van der Waals surface area contributed by atoms with Crippen LogP contribution in [0.1, 0.15) is 20.8 Å². The van der Waals surface area contributed by atoms with Crippen molar-refractivity contribution in [1.29, 1.82) is 0 Å². The SMILES string of the molecule is CC(C)(C)OC(=O)N1CC(F)(COCC=O)C1. The number of amides is 1. The molecule has 0 unspecified atom stereocenters. The highest BCUT2D eigenvalue weighted by Gasteiger charge is 2.47. The van der Waals surface area contributed by atoms with Crippen LogP contribution in [0.2, 0.25) is 0 Å². The maximum Gasteiger partial charge on any atom is 0.410 e. The maximum absolute atomic E-state index is 13.8. The van der Waals surface area contributed by atoms with Crippen LogP contribution >= 0.6 is 0 Å². The van der Waals surface area contributed by atoms with Crippen LogP contribution in [0.3, 0.4) is 0 Å². The Morgan fingerprint density at radius 3 is 2.53 bits per heavy atom. The number of halogens is 1. The molecular formula is C11H18FNO4. The van der Waals surface area contributed by atoms with Gasteiger partial charge in [-0.1, -0.05) is 0 Å². The van der Waals surface area contributed by atoms with Crippen molar-refractivity contribution in [3.63, 3.8) is 0 Å². The van der Waals surface area contributed by atoms with Gasteiger partial charge in [0, 0.05) is 0 Å². The third kappa shape index (κ3) is 4.30. The number of carbonyl (C=O) groups is 2. The molecule has 0 radical (unpaired) electrons. The largest absolute Gasteiger partial charge is 0.444 e. The van der Waals surface area contributed by atoms with Crippen LogP contribution in [0.4, 0.5) is 9.18 Å². The highest BCUT2D eigenvalue weighted by molar-refractivity contribution is 5.69. The van der Waals surface area contributed by atoms with Gasteiger partial charge in [0.05, 0.1) is 19.7 Å². The van der Waals surface area contributed by atoms with Gasteiger partial charge in [-0.2, -0.15) is 0 Å². The zero-order valence-electron chi connectivity index (χ0n) is 10.4. The summed E-state index contributed by atoms with van der Waals surface area (Å²) in [7, 11) is 0. The molecule has 5 nitrogen and oxygen atoms in total. The predicted octanol–water partition coefficient (Wildman–Crippen LogP) is 1.16. The van der Waals surface area contributed by atoms with Crippen molar-refractivity contribution < 1.29 is 23.5 Å². The number of hydrogen-bond donors (Lipinski definition) is 0. The van der Waals surface area contributed by atoms with E-state index in [-0.39, 0.29) is 26.3 Å². The number of carbonyl (C=O) groups excluding carboxylic acids is 2. The molecule has 6 heteroatoms. The fraction of sp³-hybridized carbons (Fsp3) is 0.818. The van der Waals surface area contributed by atoms with E-state index < -0.39 is 17.4 Å². The molecular weight excluding hydrogens is 229 g/mol. The van der Waals surface area contributed by atoms with Crippen LogP contribution in [0, 0.1) is 0 Å². The number of rotatable bonds is 4. The summed E-state index contributed by atoms with van der Waals surface area (Å²) >= 11 is 0. The lowest BCUT2D eigenvalue weighted by Crippen LogP contribution is -2.63. The van der Waals surface area contributed by atoms with E-state index in [0.29, 0.717) is 6.29 Å². The van der Waals surface area contributed by atoms with Crippen LogP contribution in [0.5, 0.6) is 0 Å². The van der Waals surface area contributed by atoms with E-state index in [4.69, 9.17) is 9.47 Å². The van der Waals surface area contributed by atoms with Crippen molar-refractivity contribution >= 4 is 12.4 Å². The van der Waals surface area contributed by atoms with Gasteiger partial charge in [-0.3, -0.25) is 0 Å². The standard InChI is InChI=1S/C11H18FNO4/c1-10(2,3)17-9(15)13-6-11(12,7-13)8-16-5-4-14/h4H,5-8H2,1-3H3. The molecule has 0 aromatic heterocycles. The zero-order valence-corrected chi connectivity index (χ0v) is 10.4. The Kier molecular flexibility index (Phi) is 4.08. The Bertz CT molecular complexity index is 294. The molecule has 98 valence electrons. The van der Waals surface area contributed by atoms with Crippen molar-refractivity contribution in [2.45, 2.75) is 32.0 Å². The van der Waals surface area contributed by atoms with Gasteiger partial charge < -0.3 is 19.2 Å². The molecule has 0 saturated carbocycles. The minimum absolute atomic E-state index is 0.0548. The number of nitrogens with zero attached hydrogens (tertiary/aromatic N) is 1. The first-order chi connectivity index (χ1) is 7.76. The highest BCUT2D eigenvalue weighted by Crippen LogP contribution is 2.27. The van der Waals surface area contributed by atoms with E-state index in [1.807, 2.05) is 0 Å². The van der Waals surface area contributed by atoms with Crippen LogP contribution in [0.15, 0.2) is 0 Å². The smallest absolute Gasteiger partial charge is 0.410 e. The summed E-state index contributed by atoms with van der Waals surface area (Å²) in [6, 6.07) is 0. The van der Waals surface area contributed by atoms with E-state index in [2.05, 4.69) is 0 Å². The molecule has 0 aromatic carbocycles. The monoisotopic (exact) mass is 247 g/mol. The molecule has 0 aromatic rings. The van der Waals surface area contributed by atoms with Crippen molar-refractivity contribution in [1.82, 2.24) is 4.90 Å². The van der Waals surface area contributed by atoms with E-state index >= 15 is 0 Å². The van der Waals surface area contributed by atoms with Crippen LogP contribution in [-0.4, -0.2) is 54.9 Å². The molecule has 1 heterocycles. The molecule has 0 atom stereocenters. The van der Waals surface area contributed by atoms with E-state index in [1.54, 1.807) is 20.8 Å². The van der Waals surface area contributed by atoms with Gasteiger partial charge >= 0.3 is 6.09 Å². The summed E-state index contributed by atoms with van der Waals surface area (Å²) in [6.45, 7) is 4.84. The lowest BCUT2D eigenvalue weighted by molar-refractivity contribution is -0.118. The highest BCUT2D eigenvalue weighted by atomic mass is 19.1. The second kappa shape index (κ2) is 5.00. The summed E-state index contributed by atoms with van der Waals surface area (Å²) in [6.07, 6.45) is 0.0365. The average molecular weight is 247 g/mol. The van der Waals surface area contributed by atoms with Crippen LogP contribution in [-0.2, 0) is 14.3 Å². The number of alkyl halides is 1. The molecule has 1 aliphatic rings. The topological polar surface area (TPSA) is 55.8 Å². The lowest BCUT2D eigenvalue weighted by atomic mass is 9.98. The van der Waals surface area contributed by atoms with E-state index in [1.165, 1.54) is 4.90 Å². The number of hydrogen-bond acceptors (Lipinski definition) is 4. The van der Waals surface area contributed by atoms with Gasteiger partial charge in [-0.25, -0.2) is 9.18 Å². The minimum atomic E-state index is -1.56. The summed E-state index contributed by atoms with van der Waals surface area (Å²) in [5.74, 6) is 0. The molecule has 0 spiro atoms. The molecule has 0 bridgehead atoms. The summed E-state index contributed by atoms with van der Waals surface area (Å²) < 4.78 is 23.7.